The minimum atomic E-state index is -1.19. The van der Waals surface area contributed by atoms with E-state index in [9.17, 15) is 23.1 Å². The molecule has 1 fully saturated rings. The molecule has 43 heavy (non-hydrogen) atoms. The molecule has 1 N–H and O–H groups in total. The molecular weight excluding hydrogens is 592 g/mol. The lowest BCUT2D eigenvalue weighted by molar-refractivity contribution is -0.0590. The van der Waals surface area contributed by atoms with Crippen molar-refractivity contribution in [2.75, 3.05) is 6.61 Å². The van der Waals surface area contributed by atoms with Crippen molar-refractivity contribution >= 4 is 28.7 Å². The fourth-order valence-corrected chi connectivity index (χ4v) is 4.83. The number of carbonyl (C=O) groups is 1. The number of aromatic carboxylic acids is 1. The summed E-state index contributed by atoms with van der Waals surface area (Å²) >= 11 is 5.75. The normalized spacial score (nSPS) is 14.6. The van der Waals surface area contributed by atoms with Crippen molar-refractivity contribution in [3.05, 3.63) is 106 Å². The van der Waals surface area contributed by atoms with Gasteiger partial charge in [0.25, 0.3) is 5.88 Å². The fraction of sp³-hybridized carbons (Fsp3) is 0.200. The molecule has 220 valence electrons. The van der Waals surface area contributed by atoms with Crippen LogP contribution < -0.4 is 4.74 Å². The van der Waals surface area contributed by atoms with Crippen LogP contribution >= 0.6 is 11.6 Å². The molecule has 0 saturated carbocycles. The minimum absolute atomic E-state index is 0.0118. The lowest BCUT2D eigenvalue weighted by atomic mass is 10.0. The van der Waals surface area contributed by atoms with Gasteiger partial charge in [0.05, 0.1) is 12.6 Å². The third kappa shape index (κ3) is 5.88. The monoisotopic (exact) mass is 612 g/mol. The van der Waals surface area contributed by atoms with Gasteiger partial charge < -0.3 is 19.1 Å². The molecule has 0 spiro atoms. The van der Waals surface area contributed by atoms with E-state index in [2.05, 4.69) is 15.0 Å². The van der Waals surface area contributed by atoms with Gasteiger partial charge in [-0.3, -0.25) is 0 Å². The van der Waals surface area contributed by atoms with Crippen LogP contribution in [0, 0.1) is 23.3 Å². The van der Waals surface area contributed by atoms with Gasteiger partial charge in [0.2, 0.25) is 0 Å². The second-order valence-electron chi connectivity index (χ2n) is 9.88. The first kappa shape index (κ1) is 28.6. The van der Waals surface area contributed by atoms with Gasteiger partial charge in [-0.25, -0.2) is 37.3 Å². The van der Waals surface area contributed by atoms with Crippen molar-refractivity contribution in [2.24, 2.45) is 0 Å². The van der Waals surface area contributed by atoms with Gasteiger partial charge in [-0.15, -0.1) is 0 Å². The van der Waals surface area contributed by atoms with E-state index in [1.54, 1.807) is 4.57 Å². The van der Waals surface area contributed by atoms with Crippen molar-refractivity contribution in [3.8, 4) is 17.1 Å². The summed E-state index contributed by atoms with van der Waals surface area (Å²) in [6, 6.07) is 11.2. The Morgan fingerprint density at radius 3 is 2.42 bits per heavy atom. The van der Waals surface area contributed by atoms with Crippen LogP contribution in [-0.2, 0) is 24.3 Å². The highest BCUT2D eigenvalue weighted by atomic mass is 35.5. The zero-order valence-electron chi connectivity index (χ0n) is 22.2. The molecule has 1 unspecified atom stereocenters. The van der Waals surface area contributed by atoms with Crippen LogP contribution in [0.1, 0.15) is 33.9 Å². The Balaban J connectivity index is 1.28. The van der Waals surface area contributed by atoms with Crippen LogP contribution in [0.4, 0.5) is 17.6 Å². The SMILES string of the molecule is O=C(O)c1ccc2nc(Cc3ccc(-c4nc(OCc5ccc(Cl)cc5F)c(F)cc4F)cc3F)n(CC3CCO3)c2n1. The Morgan fingerprint density at radius 2 is 1.72 bits per heavy atom. The van der Waals surface area contributed by atoms with Gasteiger partial charge in [-0.05, 0) is 42.3 Å². The number of benzene rings is 2. The highest BCUT2D eigenvalue weighted by Gasteiger charge is 2.24. The molecule has 1 saturated heterocycles. The number of carboxylic acid groups (broad SMARTS) is 1. The van der Waals surface area contributed by atoms with Crippen LogP contribution in [0.5, 0.6) is 5.88 Å². The van der Waals surface area contributed by atoms with Crippen molar-refractivity contribution in [1.29, 1.82) is 0 Å². The van der Waals surface area contributed by atoms with Gasteiger partial charge in [0.15, 0.2) is 23.0 Å². The van der Waals surface area contributed by atoms with Gasteiger partial charge in [0, 0.05) is 35.2 Å². The summed E-state index contributed by atoms with van der Waals surface area (Å²) < 4.78 is 71.3. The molecule has 1 atom stereocenters. The predicted molar refractivity (Wildman–Crippen MR) is 147 cm³/mol. The molecule has 0 radical (unpaired) electrons. The fourth-order valence-electron chi connectivity index (χ4n) is 4.67. The predicted octanol–water partition coefficient (Wildman–Crippen LogP) is 6.36. The molecule has 0 amide bonds. The maximum Gasteiger partial charge on any atom is 0.354 e. The van der Waals surface area contributed by atoms with Crippen molar-refractivity contribution in [3.63, 3.8) is 0 Å². The summed E-state index contributed by atoms with van der Waals surface area (Å²) in [5, 5.41) is 9.56. The Kier molecular flexibility index (Phi) is 7.72. The van der Waals surface area contributed by atoms with Crippen molar-refractivity contribution < 1.29 is 36.9 Å². The summed E-state index contributed by atoms with van der Waals surface area (Å²) in [7, 11) is 0. The number of rotatable bonds is 9. The Labute approximate surface area is 246 Å². The van der Waals surface area contributed by atoms with E-state index in [1.165, 1.54) is 36.4 Å². The molecular formula is C30H21ClF4N4O4. The molecule has 13 heteroatoms. The number of pyridine rings is 2. The maximum absolute atomic E-state index is 15.4. The first-order chi connectivity index (χ1) is 20.7. The molecule has 4 heterocycles. The molecule has 0 bridgehead atoms. The summed E-state index contributed by atoms with van der Waals surface area (Å²) in [4.78, 5) is 24.2. The second-order valence-corrected chi connectivity index (χ2v) is 10.3. The number of nitrogens with zero attached hydrogens (tertiary/aromatic N) is 4. The van der Waals surface area contributed by atoms with Gasteiger partial charge >= 0.3 is 5.97 Å². The van der Waals surface area contributed by atoms with Crippen LogP contribution in [0.25, 0.3) is 22.4 Å². The number of carboxylic acids is 1. The zero-order valence-corrected chi connectivity index (χ0v) is 22.9. The standard InChI is InChI=1S/C30H21ClF4N4O4/c31-18-4-3-17(21(33)11-18)14-43-29-23(35)12-22(34)27(38-29)16-2-1-15(20(32)9-16)10-26-36-24-5-6-25(30(40)41)37-28(24)39(26)13-19-7-8-42-19/h1-6,9,11-12,19H,7-8,10,13-14H2,(H,40,41). The molecule has 5 aromatic rings. The Morgan fingerprint density at radius 1 is 0.953 bits per heavy atom. The summed E-state index contributed by atoms with van der Waals surface area (Å²) in [5.41, 5.74) is 0.581. The topological polar surface area (TPSA) is 99.4 Å². The van der Waals surface area contributed by atoms with Crippen LogP contribution in [0.2, 0.25) is 5.02 Å². The average Bonchev–Trinajstić information content (AvgIpc) is 3.28. The summed E-state index contributed by atoms with van der Waals surface area (Å²) in [5.74, 6) is -4.87. The van der Waals surface area contributed by atoms with Crippen LogP contribution in [0.3, 0.4) is 0 Å². The molecule has 2 aromatic carbocycles. The first-order valence-electron chi connectivity index (χ1n) is 13.1. The van der Waals surface area contributed by atoms with E-state index in [4.69, 9.17) is 21.1 Å². The van der Waals surface area contributed by atoms with E-state index in [1.807, 2.05) is 0 Å². The lowest BCUT2D eigenvalue weighted by Gasteiger charge is -2.27. The number of imidazole rings is 1. The quantitative estimate of drug-likeness (QED) is 0.193. The highest BCUT2D eigenvalue weighted by Crippen LogP contribution is 2.29. The molecule has 6 rings (SSSR count). The second kappa shape index (κ2) is 11.6. The van der Waals surface area contributed by atoms with Crippen LogP contribution in [-0.4, -0.2) is 43.3 Å². The van der Waals surface area contributed by atoms with E-state index in [-0.39, 0.29) is 45.6 Å². The Bertz CT molecular complexity index is 1880. The number of ether oxygens (including phenoxy) is 2. The number of aromatic nitrogens is 4. The Hall–Kier alpha value is -4.55. The lowest BCUT2D eigenvalue weighted by Crippen LogP contribution is -2.32. The van der Waals surface area contributed by atoms with E-state index >= 15 is 4.39 Å². The van der Waals surface area contributed by atoms with E-state index in [0.717, 1.165) is 18.6 Å². The van der Waals surface area contributed by atoms with E-state index in [0.29, 0.717) is 36.2 Å². The van der Waals surface area contributed by atoms with Crippen LogP contribution in [0.15, 0.2) is 54.6 Å². The summed E-state index contributed by atoms with van der Waals surface area (Å²) in [6.45, 7) is 0.561. The number of hydrogen-bond acceptors (Lipinski definition) is 6. The zero-order chi connectivity index (χ0) is 30.2. The molecule has 1 aliphatic rings. The van der Waals surface area contributed by atoms with Gasteiger partial charge in [-0.2, -0.15) is 0 Å². The average molecular weight is 613 g/mol. The van der Waals surface area contributed by atoms with Crippen molar-refractivity contribution in [2.45, 2.75) is 32.1 Å². The largest absolute Gasteiger partial charge is 0.477 e. The summed E-state index contributed by atoms with van der Waals surface area (Å²) in [6.07, 6.45) is 0.703. The minimum Gasteiger partial charge on any atom is -0.477 e. The number of hydrogen-bond donors (Lipinski definition) is 1. The molecule has 1 aliphatic heterocycles. The van der Waals surface area contributed by atoms with Crippen molar-refractivity contribution in [1.82, 2.24) is 19.5 Å². The smallest absolute Gasteiger partial charge is 0.354 e. The molecule has 3 aromatic heterocycles. The van der Waals surface area contributed by atoms with E-state index < -0.39 is 41.7 Å². The third-order valence-electron chi connectivity index (χ3n) is 7.02. The number of halogens is 5. The maximum atomic E-state index is 15.4. The molecule has 0 aliphatic carbocycles. The third-order valence-corrected chi connectivity index (χ3v) is 7.26. The first-order valence-corrected chi connectivity index (χ1v) is 13.5. The van der Waals surface area contributed by atoms with Gasteiger partial charge in [0.1, 0.15) is 35.3 Å². The molecule has 8 nitrogen and oxygen atoms in total. The number of fused-ring (bicyclic) bond motifs is 1. The van der Waals surface area contributed by atoms with Gasteiger partial charge in [-0.1, -0.05) is 29.8 Å². The highest BCUT2D eigenvalue weighted by molar-refractivity contribution is 6.30.